The summed E-state index contributed by atoms with van der Waals surface area (Å²) in [6.45, 7) is 0.190. The number of alkyl halides is 5. The molecule has 20 heavy (non-hydrogen) atoms. The molecule has 0 aromatic heterocycles. The van der Waals surface area contributed by atoms with Gasteiger partial charge >= 0.3 is 6.18 Å². The molecule has 1 aliphatic rings. The van der Waals surface area contributed by atoms with Crippen LogP contribution in [0, 0.1) is 5.92 Å². The second-order valence-electron chi connectivity index (χ2n) is 4.43. The highest BCUT2D eigenvalue weighted by Gasteiger charge is 2.40. The molecule has 1 aromatic rings. The van der Waals surface area contributed by atoms with Gasteiger partial charge in [-0.15, -0.1) is 23.2 Å². The Kier molecular flexibility index (Phi) is 4.42. The van der Waals surface area contributed by atoms with Crippen LogP contribution >= 0.6 is 34.8 Å². The number of rotatable bonds is 2. The summed E-state index contributed by atoms with van der Waals surface area (Å²) in [5, 5.41) is -1.23. The quantitative estimate of drug-likeness (QED) is 0.736. The van der Waals surface area contributed by atoms with Gasteiger partial charge in [0.05, 0.1) is 10.6 Å². The lowest BCUT2D eigenvalue weighted by atomic mass is 10.1. The van der Waals surface area contributed by atoms with E-state index < -0.39 is 28.0 Å². The fraction of sp³-hybridized carbons (Fsp3) is 0.417. The van der Waals surface area contributed by atoms with Crippen molar-refractivity contribution < 1.29 is 18.0 Å². The van der Waals surface area contributed by atoms with Crippen LogP contribution in [0.1, 0.15) is 5.56 Å². The van der Waals surface area contributed by atoms with Crippen molar-refractivity contribution in [2.45, 2.75) is 11.6 Å². The average Bonchev–Trinajstić information content (AvgIpc) is 2.65. The fourth-order valence-electron chi connectivity index (χ4n) is 2.03. The van der Waals surface area contributed by atoms with Gasteiger partial charge in [-0.3, -0.25) is 4.79 Å². The lowest BCUT2D eigenvalue weighted by molar-refractivity contribution is -0.137. The van der Waals surface area contributed by atoms with Crippen LogP contribution in [0.25, 0.3) is 0 Å². The van der Waals surface area contributed by atoms with Crippen molar-refractivity contribution >= 4 is 46.4 Å². The smallest absolute Gasteiger partial charge is 0.311 e. The van der Waals surface area contributed by atoms with E-state index in [9.17, 15) is 18.0 Å². The number of hydrogen-bond donors (Lipinski definition) is 0. The van der Waals surface area contributed by atoms with E-state index in [0.29, 0.717) is 0 Å². The molecule has 1 heterocycles. The molecule has 0 bridgehead atoms. The molecule has 1 saturated heterocycles. The summed E-state index contributed by atoms with van der Waals surface area (Å²) in [4.78, 5) is 13.1. The molecule has 2 rings (SSSR count). The highest BCUT2D eigenvalue weighted by molar-refractivity contribution is 6.35. The molecule has 1 amide bonds. The van der Waals surface area contributed by atoms with Gasteiger partial charge in [-0.05, 0) is 18.2 Å². The highest BCUT2D eigenvalue weighted by Crippen LogP contribution is 2.38. The van der Waals surface area contributed by atoms with Crippen LogP contribution in [-0.4, -0.2) is 23.7 Å². The fourth-order valence-corrected chi connectivity index (χ4v) is 2.90. The molecule has 1 fully saturated rings. The molecule has 0 aliphatic carbocycles. The molecule has 110 valence electrons. The number of amides is 1. The van der Waals surface area contributed by atoms with Crippen molar-refractivity contribution in [3.05, 3.63) is 28.8 Å². The average molecular weight is 347 g/mol. The summed E-state index contributed by atoms with van der Waals surface area (Å²) in [6, 6.07) is 3.32. The minimum Gasteiger partial charge on any atom is -0.311 e. The van der Waals surface area contributed by atoms with Gasteiger partial charge in [0.1, 0.15) is 5.38 Å². The molecule has 2 atom stereocenters. The van der Waals surface area contributed by atoms with Crippen LogP contribution in [0.5, 0.6) is 0 Å². The molecule has 0 radical (unpaired) electrons. The van der Waals surface area contributed by atoms with E-state index in [2.05, 4.69) is 0 Å². The molecule has 0 N–H and O–H groups in total. The van der Waals surface area contributed by atoms with Crippen LogP contribution in [0.2, 0.25) is 5.02 Å². The Morgan fingerprint density at radius 1 is 1.35 bits per heavy atom. The van der Waals surface area contributed by atoms with Gasteiger partial charge in [-0.1, -0.05) is 11.6 Å². The zero-order valence-corrected chi connectivity index (χ0v) is 12.2. The number of benzene rings is 1. The molecule has 0 spiro atoms. The Hall–Kier alpha value is -0.650. The molecular formula is C12H9Cl3F3NO. The Morgan fingerprint density at radius 3 is 2.50 bits per heavy atom. The number of halogens is 6. The zero-order valence-electron chi connectivity index (χ0n) is 9.92. The normalized spacial score (nSPS) is 23.5. The number of nitrogens with zero attached hydrogens (tertiary/aromatic N) is 1. The van der Waals surface area contributed by atoms with Crippen LogP contribution in [0.3, 0.4) is 0 Å². The molecule has 2 nitrogen and oxygen atoms in total. The van der Waals surface area contributed by atoms with Crippen molar-refractivity contribution in [1.29, 1.82) is 0 Å². The van der Waals surface area contributed by atoms with Crippen molar-refractivity contribution in [2.75, 3.05) is 17.3 Å². The Balaban J connectivity index is 2.38. The molecule has 8 heteroatoms. The largest absolute Gasteiger partial charge is 0.417 e. The van der Waals surface area contributed by atoms with Crippen molar-refractivity contribution in [2.24, 2.45) is 5.92 Å². The Labute approximate surface area is 128 Å². The summed E-state index contributed by atoms with van der Waals surface area (Å²) in [6.07, 6.45) is -4.58. The van der Waals surface area contributed by atoms with E-state index in [0.717, 1.165) is 12.1 Å². The third-order valence-corrected chi connectivity index (χ3v) is 4.37. The van der Waals surface area contributed by atoms with Crippen LogP contribution in [-0.2, 0) is 11.0 Å². The topological polar surface area (TPSA) is 20.3 Å². The number of anilines is 1. The third-order valence-electron chi connectivity index (χ3n) is 3.10. The second-order valence-corrected chi connectivity index (χ2v) is 5.61. The van der Waals surface area contributed by atoms with Gasteiger partial charge in [0, 0.05) is 24.0 Å². The molecular weight excluding hydrogens is 337 g/mol. The lowest BCUT2D eigenvalue weighted by Crippen LogP contribution is -2.27. The van der Waals surface area contributed by atoms with Crippen molar-refractivity contribution in [3.8, 4) is 0 Å². The van der Waals surface area contributed by atoms with E-state index >= 15 is 0 Å². The maximum atomic E-state index is 12.8. The van der Waals surface area contributed by atoms with Gasteiger partial charge in [0.15, 0.2) is 0 Å². The van der Waals surface area contributed by atoms with Crippen molar-refractivity contribution in [3.63, 3.8) is 0 Å². The van der Waals surface area contributed by atoms with Crippen LogP contribution in [0.4, 0.5) is 18.9 Å². The number of carbonyl (C=O) groups excluding carboxylic acids is 1. The summed E-state index contributed by atoms with van der Waals surface area (Å²) in [7, 11) is 0. The second kappa shape index (κ2) is 5.62. The van der Waals surface area contributed by atoms with E-state index in [4.69, 9.17) is 34.8 Å². The summed E-state index contributed by atoms with van der Waals surface area (Å²) >= 11 is 17.1. The Morgan fingerprint density at radius 2 is 2.00 bits per heavy atom. The van der Waals surface area contributed by atoms with E-state index in [-0.39, 0.29) is 24.0 Å². The van der Waals surface area contributed by atoms with Gasteiger partial charge in [-0.2, -0.15) is 13.2 Å². The summed E-state index contributed by atoms with van der Waals surface area (Å²) in [5.74, 6) is -0.584. The molecule has 1 aliphatic heterocycles. The first-order valence-electron chi connectivity index (χ1n) is 5.64. The molecule has 1 aromatic carbocycles. The van der Waals surface area contributed by atoms with Crippen LogP contribution < -0.4 is 4.90 Å². The monoisotopic (exact) mass is 345 g/mol. The maximum absolute atomic E-state index is 12.8. The standard InChI is InChI=1S/C12H9Cl3F3NO/c13-4-6-5-19(11(20)10(6)15)7-1-2-9(14)8(3-7)12(16,17)18/h1-3,6,10H,4-5H2. The van der Waals surface area contributed by atoms with E-state index in [1.165, 1.54) is 11.0 Å². The third kappa shape index (κ3) is 2.85. The van der Waals surface area contributed by atoms with E-state index in [1.807, 2.05) is 0 Å². The van der Waals surface area contributed by atoms with Gasteiger partial charge < -0.3 is 4.90 Å². The summed E-state index contributed by atoms with van der Waals surface area (Å²) in [5.41, 5.74) is -0.866. The highest BCUT2D eigenvalue weighted by atomic mass is 35.5. The first kappa shape index (κ1) is 15.7. The molecule has 2 unspecified atom stereocenters. The predicted molar refractivity (Wildman–Crippen MR) is 72.7 cm³/mol. The number of carbonyl (C=O) groups is 1. The van der Waals surface area contributed by atoms with Crippen molar-refractivity contribution in [1.82, 2.24) is 0 Å². The Bertz CT molecular complexity index is 535. The van der Waals surface area contributed by atoms with Gasteiger partial charge in [0.2, 0.25) is 5.91 Å². The number of hydrogen-bond acceptors (Lipinski definition) is 1. The van der Waals surface area contributed by atoms with Gasteiger partial charge in [-0.25, -0.2) is 0 Å². The molecule has 0 saturated carbocycles. The van der Waals surface area contributed by atoms with Gasteiger partial charge in [0.25, 0.3) is 0 Å². The summed E-state index contributed by atoms with van der Waals surface area (Å²) < 4.78 is 38.4. The van der Waals surface area contributed by atoms with E-state index in [1.54, 1.807) is 0 Å². The first-order valence-corrected chi connectivity index (χ1v) is 6.98. The minimum absolute atomic E-state index is 0.116. The first-order chi connectivity index (χ1) is 9.25. The lowest BCUT2D eigenvalue weighted by Gasteiger charge is -2.18. The van der Waals surface area contributed by atoms with Crippen LogP contribution in [0.15, 0.2) is 18.2 Å². The SMILES string of the molecule is O=C1C(Cl)C(CCl)CN1c1ccc(Cl)c(C(F)(F)F)c1. The predicted octanol–water partition coefficient (Wildman–Crippen LogP) is 4.17. The zero-order chi connectivity index (χ0) is 15.1. The minimum atomic E-state index is -4.58. The maximum Gasteiger partial charge on any atom is 0.417 e.